The van der Waals surface area contributed by atoms with Crippen molar-refractivity contribution < 1.29 is 31.8 Å². The molecule has 0 aliphatic heterocycles. The third-order valence-electron chi connectivity index (χ3n) is 5.91. The fraction of sp³-hybridized carbons (Fsp3) is 0.370. The van der Waals surface area contributed by atoms with Crippen LogP contribution in [-0.4, -0.2) is 71.1 Å². The van der Waals surface area contributed by atoms with E-state index in [2.05, 4.69) is 0 Å². The predicted octanol–water partition coefficient (Wildman–Crippen LogP) is 3.51. The van der Waals surface area contributed by atoms with Crippen LogP contribution in [0.3, 0.4) is 0 Å². The van der Waals surface area contributed by atoms with Gasteiger partial charge in [0.25, 0.3) is 0 Å². The molecule has 0 fully saturated rings. The summed E-state index contributed by atoms with van der Waals surface area (Å²) in [6, 6.07) is 15.7. The Hall–Kier alpha value is -3.34. The van der Waals surface area contributed by atoms with Crippen LogP contribution in [0.2, 0.25) is 0 Å². The van der Waals surface area contributed by atoms with Crippen LogP contribution in [0.15, 0.2) is 70.2 Å². The summed E-state index contributed by atoms with van der Waals surface area (Å²) in [5.41, 5.74) is 1.89. The lowest BCUT2D eigenvalue weighted by molar-refractivity contribution is -0.132. The van der Waals surface area contributed by atoms with Crippen molar-refractivity contribution in [2.45, 2.75) is 24.8 Å². The van der Waals surface area contributed by atoms with Crippen LogP contribution in [0.4, 0.5) is 0 Å². The highest BCUT2D eigenvalue weighted by atomic mass is 32.2. The molecule has 0 spiro atoms. The summed E-state index contributed by atoms with van der Waals surface area (Å²) in [6.07, 6.45) is 2.06. The first-order valence-electron chi connectivity index (χ1n) is 11.8. The number of benzene rings is 2. The standard InChI is InChI=1S/C27H34N2O7S/c1-21-7-10-24(11-8-21)37(31,32)29(15-17-33-2)20-27(30)28(19-23-6-5-16-36-23)14-13-22-9-12-25(34-3)26(18-22)35-4/h5-12,16,18H,13-15,17,19-20H2,1-4H3. The van der Waals surface area contributed by atoms with Crippen molar-refractivity contribution in [3.63, 3.8) is 0 Å². The van der Waals surface area contributed by atoms with Crippen molar-refractivity contribution in [2.24, 2.45) is 0 Å². The summed E-state index contributed by atoms with van der Waals surface area (Å²) in [5, 5.41) is 0. The third-order valence-corrected chi connectivity index (χ3v) is 7.77. The second-order valence-electron chi connectivity index (χ2n) is 8.48. The quantitative estimate of drug-likeness (QED) is 0.315. The Morgan fingerprint density at radius 2 is 1.68 bits per heavy atom. The van der Waals surface area contributed by atoms with Gasteiger partial charge < -0.3 is 23.5 Å². The summed E-state index contributed by atoms with van der Waals surface area (Å²) < 4.78 is 49.2. The summed E-state index contributed by atoms with van der Waals surface area (Å²) in [5.74, 6) is 1.47. The maximum Gasteiger partial charge on any atom is 0.243 e. The molecule has 0 unspecified atom stereocenters. The predicted molar refractivity (Wildman–Crippen MR) is 139 cm³/mol. The van der Waals surface area contributed by atoms with E-state index in [1.807, 2.05) is 25.1 Å². The number of ether oxygens (including phenoxy) is 3. The maximum absolute atomic E-state index is 13.5. The number of hydrogen-bond donors (Lipinski definition) is 0. The SMILES string of the molecule is COCCN(CC(=O)N(CCc1ccc(OC)c(OC)c1)Cc1ccco1)S(=O)(=O)c1ccc(C)cc1. The van der Waals surface area contributed by atoms with Crippen LogP contribution in [0.25, 0.3) is 0 Å². The number of amides is 1. The summed E-state index contributed by atoms with van der Waals surface area (Å²) in [6.45, 7) is 2.31. The van der Waals surface area contributed by atoms with Gasteiger partial charge in [-0.3, -0.25) is 4.79 Å². The minimum atomic E-state index is -3.91. The number of carbonyl (C=O) groups is 1. The van der Waals surface area contributed by atoms with Gasteiger partial charge in [0.15, 0.2) is 11.5 Å². The molecule has 0 radical (unpaired) electrons. The number of nitrogens with zero attached hydrogens (tertiary/aromatic N) is 2. The molecule has 0 N–H and O–H groups in total. The van der Waals surface area contributed by atoms with Gasteiger partial charge in [-0.25, -0.2) is 8.42 Å². The third kappa shape index (κ3) is 7.58. The molecule has 0 atom stereocenters. The smallest absolute Gasteiger partial charge is 0.243 e. The lowest BCUT2D eigenvalue weighted by atomic mass is 10.1. The largest absolute Gasteiger partial charge is 0.493 e. The van der Waals surface area contributed by atoms with Crippen LogP contribution in [0.1, 0.15) is 16.9 Å². The highest BCUT2D eigenvalue weighted by molar-refractivity contribution is 7.89. The molecule has 0 aliphatic rings. The van der Waals surface area contributed by atoms with Gasteiger partial charge in [0.1, 0.15) is 5.76 Å². The van der Waals surface area contributed by atoms with Crippen LogP contribution >= 0.6 is 0 Å². The second kappa shape index (κ2) is 13.3. The Kier molecular flexibility index (Phi) is 10.1. The Bertz CT molecular complexity index is 1240. The molecule has 3 aromatic rings. The van der Waals surface area contributed by atoms with Gasteiger partial charge in [0.05, 0.1) is 45.1 Å². The highest BCUT2D eigenvalue weighted by Gasteiger charge is 2.28. The van der Waals surface area contributed by atoms with Crippen molar-refractivity contribution in [1.29, 1.82) is 0 Å². The monoisotopic (exact) mass is 530 g/mol. The summed E-state index contributed by atoms with van der Waals surface area (Å²) in [7, 11) is 0.716. The molecule has 37 heavy (non-hydrogen) atoms. The molecule has 3 rings (SSSR count). The number of furan rings is 1. The molecule has 1 aromatic heterocycles. The van der Waals surface area contributed by atoms with Crippen LogP contribution in [-0.2, 0) is 32.5 Å². The van der Waals surface area contributed by atoms with Gasteiger partial charge in [-0.15, -0.1) is 0 Å². The number of hydrogen-bond acceptors (Lipinski definition) is 7. The van der Waals surface area contributed by atoms with Crippen LogP contribution in [0.5, 0.6) is 11.5 Å². The number of carbonyl (C=O) groups excluding carboxylic acids is 1. The van der Waals surface area contributed by atoms with Gasteiger partial charge >= 0.3 is 0 Å². The Balaban J connectivity index is 1.81. The van der Waals surface area contributed by atoms with E-state index in [1.54, 1.807) is 61.8 Å². The number of methoxy groups -OCH3 is 3. The second-order valence-corrected chi connectivity index (χ2v) is 10.4. The van der Waals surface area contributed by atoms with Gasteiger partial charge in [0.2, 0.25) is 15.9 Å². The molecule has 1 amide bonds. The summed E-state index contributed by atoms with van der Waals surface area (Å²) >= 11 is 0. The van der Waals surface area contributed by atoms with Gasteiger partial charge in [-0.05, 0) is 55.3 Å². The van der Waals surface area contributed by atoms with Crippen molar-refractivity contribution in [1.82, 2.24) is 9.21 Å². The lowest BCUT2D eigenvalue weighted by Crippen LogP contribution is -2.44. The summed E-state index contributed by atoms with van der Waals surface area (Å²) in [4.78, 5) is 15.2. The topological polar surface area (TPSA) is 98.5 Å². The number of rotatable bonds is 14. The van der Waals surface area contributed by atoms with Crippen molar-refractivity contribution in [2.75, 3.05) is 47.6 Å². The van der Waals surface area contributed by atoms with Gasteiger partial charge in [0, 0.05) is 20.2 Å². The first-order valence-corrected chi connectivity index (χ1v) is 13.3. The zero-order valence-electron chi connectivity index (χ0n) is 21.7. The average Bonchev–Trinajstić information content (AvgIpc) is 3.42. The fourth-order valence-electron chi connectivity index (χ4n) is 3.77. The first kappa shape index (κ1) is 28.2. The molecule has 2 aromatic carbocycles. The zero-order chi connectivity index (χ0) is 26.8. The minimum Gasteiger partial charge on any atom is -0.493 e. The van der Waals surface area contributed by atoms with E-state index in [9.17, 15) is 13.2 Å². The Morgan fingerprint density at radius 3 is 2.30 bits per heavy atom. The van der Waals surface area contributed by atoms with Gasteiger partial charge in [-0.2, -0.15) is 4.31 Å². The average molecular weight is 531 g/mol. The van der Waals surface area contributed by atoms with E-state index in [-0.39, 0.29) is 37.0 Å². The van der Waals surface area contributed by atoms with E-state index >= 15 is 0 Å². The van der Waals surface area contributed by atoms with Crippen molar-refractivity contribution in [3.05, 3.63) is 77.7 Å². The zero-order valence-corrected chi connectivity index (χ0v) is 22.5. The minimum absolute atomic E-state index is 0.0444. The Morgan fingerprint density at radius 1 is 0.946 bits per heavy atom. The van der Waals surface area contributed by atoms with E-state index in [0.717, 1.165) is 15.4 Å². The highest BCUT2D eigenvalue weighted by Crippen LogP contribution is 2.28. The maximum atomic E-state index is 13.5. The molecule has 0 saturated carbocycles. The first-order chi connectivity index (χ1) is 17.8. The molecular weight excluding hydrogens is 496 g/mol. The van der Waals surface area contributed by atoms with E-state index in [1.165, 1.54) is 7.11 Å². The number of sulfonamides is 1. The lowest BCUT2D eigenvalue weighted by Gasteiger charge is -2.27. The molecule has 0 aliphatic carbocycles. The van der Waals surface area contributed by atoms with Crippen LogP contribution < -0.4 is 9.47 Å². The van der Waals surface area contributed by atoms with E-state index in [4.69, 9.17) is 18.6 Å². The molecule has 1 heterocycles. The molecule has 10 heteroatoms. The normalized spacial score (nSPS) is 11.5. The van der Waals surface area contributed by atoms with Crippen LogP contribution in [0, 0.1) is 6.92 Å². The van der Waals surface area contributed by atoms with Gasteiger partial charge in [-0.1, -0.05) is 23.8 Å². The number of aryl methyl sites for hydroxylation is 1. The molecule has 200 valence electrons. The molecule has 0 bridgehead atoms. The molecule has 0 saturated heterocycles. The van der Waals surface area contributed by atoms with E-state index in [0.29, 0.717) is 30.2 Å². The Labute approximate surface area is 218 Å². The van der Waals surface area contributed by atoms with Crippen molar-refractivity contribution in [3.8, 4) is 11.5 Å². The van der Waals surface area contributed by atoms with Crippen molar-refractivity contribution >= 4 is 15.9 Å². The fourth-order valence-corrected chi connectivity index (χ4v) is 5.14. The van der Waals surface area contributed by atoms with E-state index < -0.39 is 10.0 Å². The molecule has 9 nitrogen and oxygen atoms in total. The molecular formula is C27H34N2O7S.